The van der Waals surface area contributed by atoms with E-state index in [4.69, 9.17) is 11.6 Å². The van der Waals surface area contributed by atoms with Crippen molar-refractivity contribution in [1.82, 2.24) is 20.2 Å². The number of fused-ring (bicyclic) bond motifs is 1. The van der Waals surface area contributed by atoms with Crippen molar-refractivity contribution in [2.75, 3.05) is 24.0 Å². The summed E-state index contributed by atoms with van der Waals surface area (Å²) in [5, 5.41) is 25.6. The third-order valence-electron chi connectivity index (χ3n) is 5.42. The number of phenols is 1. The molecule has 0 saturated heterocycles. The van der Waals surface area contributed by atoms with Crippen LogP contribution in [-0.4, -0.2) is 38.6 Å². The lowest BCUT2D eigenvalue weighted by molar-refractivity contribution is 0.475. The number of hydrogen-bond acceptors (Lipinski definition) is 7. The van der Waals surface area contributed by atoms with Gasteiger partial charge in [0.1, 0.15) is 23.6 Å². The summed E-state index contributed by atoms with van der Waals surface area (Å²) >= 11 is 6.36. The molecule has 35 heavy (non-hydrogen) atoms. The van der Waals surface area contributed by atoms with Crippen molar-refractivity contribution in [3.8, 4) is 17.0 Å². The Morgan fingerprint density at radius 2 is 1.83 bits per heavy atom. The maximum atomic E-state index is 12.7. The largest absolute Gasteiger partial charge is 0.508 e. The fourth-order valence-electron chi connectivity index (χ4n) is 3.79. The lowest BCUT2D eigenvalue weighted by atomic mass is 10.1. The number of nitrogens with zero attached hydrogens (tertiary/aromatic N) is 3. The number of aromatic amines is 1. The maximum Gasteiger partial charge on any atom is 0.229 e. The highest BCUT2D eigenvalue weighted by Crippen LogP contribution is 2.38. The van der Waals surface area contributed by atoms with E-state index in [2.05, 4.69) is 30.8 Å². The van der Waals surface area contributed by atoms with Crippen LogP contribution >= 0.6 is 18.7 Å². The monoisotopic (exact) mass is 504 g/mol. The second-order valence-corrected chi connectivity index (χ2v) is 12.0. The molecule has 2 heterocycles. The topological polar surface area (TPSA) is 116 Å². The van der Waals surface area contributed by atoms with Gasteiger partial charge in [0.05, 0.1) is 17.4 Å². The van der Waals surface area contributed by atoms with Gasteiger partial charge in [0.2, 0.25) is 5.95 Å². The van der Waals surface area contributed by atoms with E-state index in [-0.39, 0.29) is 5.75 Å². The summed E-state index contributed by atoms with van der Waals surface area (Å²) in [4.78, 5) is 8.84. The van der Waals surface area contributed by atoms with E-state index >= 15 is 0 Å². The zero-order valence-corrected chi connectivity index (χ0v) is 20.6. The van der Waals surface area contributed by atoms with E-state index in [9.17, 15) is 9.67 Å². The molecule has 2 aromatic heterocycles. The van der Waals surface area contributed by atoms with Gasteiger partial charge in [0, 0.05) is 21.9 Å². The van der Waals surface area contributed by atoms with E-state index in [0.29, 0.717) is 27.8 Å². The molecule has 0 unspecified atom stereocenters. The third-order valence-corrected chi connectivity index (χ3v) is 7.25. The molecule has 0 radical (unpaired) electrons. The number of phenolic OH excluding ortho intramolecular Hbond substituents is 1. The lowest BCUT2D eigenvalue weighted by Gasteiger charge is -2.15. The molecule has 0 spiro atoms. The van der Waals surface area contributed by atoms with Crippen LogP contribution in [0.5, 0.6) is 5.75 Å². The quantitative estimate of drug-likeness (QED) is 0.206. The van der Waals surface area contributed by atoms with Gasteiger partial charge in [-0.3, -0.25) is 5.10 Å². The van der Waals surface area contributed by atoms with Crippen molar-refractivity contribution >= 4 is 58.1 Å². The highest BCUT2D eigenvalue weighted by atomic mass is 35.5. The molecule has 10 heteroatoms. The van der Waals surface area contributed by atoms with Crippen molar-refractivity contribution in [1.29, 1.82) is 0 Å². The van der Waals surface area contributed by atoms with Crippen molar-refractivity contribution in [2.24, 2.45) is 0 Å². The van der Waals surface area contributed by atoms with E-state index in [1.165, 1.54) is 6.20 Å². The Morgan fingerprint density at radius 1 is 1.00 bits per heavy atom. The Kier molecular flexibility index (Phi) is 5.93. The van der Waals surface area contributed by atoms with Gasteiger partial charge in [-0.2, -0.15) is 10.1 Å². The van der Waals surface area contributed by atoms with Crippen molar-refractivity contribution in [3.63, 3.8) is 0 Å². The van der Waals surface area contributed by atoms with Gasteiger partial charge in [0.25, 0.3) is 0 Å². The van der Waals surface area contributed by atoms with Crippen LogP contribution in [0.2, 0.25) is 5.02 Å². The number of nitrogens with one attached hydrogen (secondary N) is 3. The van der Waals surface area contributed by atoms with Crippen LogP contribution in [0.3, 0.4) is 0 Å². The number of halogens is 1. The smallest absolute Gasteiger partial charge is 0.229 e. The summed E-state index contributed by atoms with van der Waals surface area (Å²) < 4.78 is 12.7. The number of aromatic hydroxyl groups is 1. The molecule has 0 aliphatic rings. The van der Waals surface area contributed by atoms with Crippen LogP contribution in [0.15, 0.2) is 72.9 Å². The maximum absolute atomic E-state index is 12.7. The van der Waals surface area contributed by atoms with Crippen LogP contribution in [0.25, 0.3) is 22.2 Å². The first kappa shape index (κ1) is 22.9. The molecule has 0 atom stereocenters. The molecule has 0 aliphatic carbocycles. The SMILES string of the molecule is CP(C)(=O)c1ccccc1Nc1nc(Nc2ccc3[nH]nc(-c4cccc(O)c4)c3c2)ncc1Cl. The molecule has 5 aromatic rings. The van der Waals surface area contributed by atoms with E-state index in [1.807, 2.05) is 48.5 Å². The Bertz CT molecular complexity index is 1600. The second kappa shape index (κ2) is 9.06. The van der Waals surface area contributed by atoms with Crippen LogP contribution < -0.4 is 15.9 Å². The van der Waals surface area contributed by atoms with Gasteiger partial charge < -0.3 is 20.3 Å². The second-order valence-electron chi connectivity index (χ2n) is 8.39. The van der Waals surface area contributed by atoms with Gasteiger partial charge in [-0.25, -0.2) is 4.98 Å². The van der Waals surface area contributed by atoms with Crippen LogP contribution in [-0.2, 0) is 4.57 Å². The predicted molar refractivity (Wildman–Crippen MR) is 142 cm³/mol. The Hall–Kier alpha value is -3.87. The zero-order valence-electron chi connectivity index (χ0n) is 19.0. The van der Waals surface area contributed by atoms with Gasteiger partial charge in [-0.05, 0) is 55.8 Å². The van der Waals surface area contributed by atoms with Crippen LogP contribution in [0.4, 0.5) is 23.1 Å². The number of anilines is 4. The molecule has 176 valence electrons. The third kappa shape index (κ3) is 4.85. The first-order valence-electron chi connectivity index (χ1n) is 10.8. The summed E-state index contributed by atoms with van der Waals surface area (Å²) in [6.07, 6.45) is 1.51. The van der Waals surface area contributed by atoms with Gasteiger partial charge in [-0.1, -0.05) is 35.9 Å². The number of aromatic nitrogens is 4. The minimum Gasteiger partial charge on any atom is -0.508 e. The van der Waals surface area contributed by atoms with E-state index in [0.717, 1.165) is 27.8 Å². The first-order chi connectivity index (χ1) is 16.8. The fourth-order valence-corrected chi connectivity index (χ4v) is 5.08. The molecular formula is C25H22ClN6O2P. The Labute approximate surface area is 206 Å². The zero-order chi connectivity index (χ0) is 24.6. The van der Waals surface area contributed by atoms with Crippen molar-refractivity contribution in [3.05, 3.63) is 77.9 Å². The van der Waals surface area contributed by atoms with Crippen LogP contribution in [0, 0.1) is 0 Å². The normalized spacial score (nSPS) is 11.5. The van der Waals surface area contributed by atoms with Crippen molar-refractivity contribution in [2.45, 2.75) is 0 Å². The molecule has 0 fully saturated rings. The number of H-pyrrole nitrogens is 1. The molecular weight excluding hydrogens is 483 g/mol. The average molecular weight is 505 g/mol. The molecule has 8 nitrogen and oxygen atoms in total. The molecule has 3 aromatic carbocycles. The number of benzene rings is 3. The summed E-state index contributed by atoms with van der Waals surface area (Å²) in [7, 11) is -2.51. The number of rotatable bonds is 6. The average Bonchev–Trinajstić information content (AvgIpc) is 3.24. The molecule has 0 bridgehead atoms. The number of hydrogen-bond donors (Lipinski definition) is 4. The van der Waals surface area contributed by atoms with Gasteiger partial charge in [0.15, 0.2) is 5.82 Å². The lowest BCUT2D eigenvalue weighted by Crippen LogP contribution is -2.10. The van der Waals surface area contributed by atoms with Crippen molar-refractivity contribution < 1.29 is 9.67 Å². The molecule has 4 N–H and O–H groups in total. The number of para-hydroxylation sites is 1. The van der Waals surface area contributed by atoms with Gasteiger partial charge >= 0.3 is 0 Å². The van der Waals surface area contributed by atoms with Gasteiger partial charge in [-0.15, -0.1) is 0 Å². The highest BCUT2D eigenvalue weighted by Gasteiger charge is 2.17. The first-order valence-corrected chi connectivity index (χ1v) is 13.7. The van der Waals surface area contributed by atoms with E-state index in [1.54, 1.807) is 31.5 Å². The summed E-state index contributed by atoms with van der Waals surface area (Å²) in [6, 6.07) is 20.1. The molecule has 0 aliphatic heterocycles. The highest BCUT2D eigenvalue weighted by molar-refractivity contribution is 7.70. The predicted octanol–water partition coefficient (Wildman–Crippen LogP) is 6.11. The summed E-state index contributed by atoms with van der Waals surface area (Å²) in [5.74, 6) is 0.911. The molecule has 5 rings (SSSR count). The molecule has 0 saturated carbocycles. The minimum absolute atomic E-state index is 0.173. The summed E-state index contributed by atoms with van der Waals surface area (Å²) in [6.45, 7) is 3.44. The summed E-state index contributed by atoms with van der Waals surface area (Å²) in [5.41, 5.74) is 3.81. The minimum atomic E-state index is -2.51. The standard InChI is InChI=1S/C25H22ClN6O2P/c1-35(2,34)22-9-4-3-8-21(22)29-24-19(26)14-27-25(30-24)28-16-10-11-20-18(13-16)23(32-31-20)15-6-5-7-17(33)12-15/h3-14,33H,1-2H3,(H,31,32)(H2,27,28,29,30). The Balaban J connectivity index is 1.46. The van der Waals surface area contributed by atoms with Crippen LogP contribution in [0.1, 0.15) is 0 Å². The fraction of sp³-hybridized carbons (Fsp3) is 0.0800. The van der Waals surface area contributed by atoms with E-state index < -0.39 is 7.14 Å². The Morgan fingerprint density at radius 3 is 2.63 bits per heavy atom. The molecule has 0 amide bonds.